The Balaban J connectivity index is 3.26. The molecule has 2 heteroatoms. The third-order valence-electron chi connectivity index (χ3n) is 1.53. The molecule has 0 saturated carbocycles. The fraction of sp³-hybridized carbons (Fsp3) is 1.00. The second-order valence-electron chi connectivity index (χ2n) is 3.09. The molecule has 2 nitrogen and oxygen atoms in total. The van der Waals surface area contributed by atoms with Crippen molar-refractivity contribution in [1.82, 2.24) is 5.32 Å². The smallest absolute Gasteiger partial charge is 0.0584 e. The van der Waals surface area contributed by atoms with Gasteiger partial charge in [-0.05, 0) is 18.9 Å². The molecule has 62 valence electrons. The summed E-state index contributed by atoms with van der Waals surface area (Å²) in [6.45, 7) is 7.66. The summed E-state index contributed by atoms with van der Waals surface area (Å²) in [5.41, 5.74) is 0. The van der Waals surface area contributed by atoms with E-state index < -0.39 is 0 Å². The van der Waals surface area contributed by atoms with Gasteiger partial charge >= 0.3 is 0 Å². The predicted molar refractivity (Wildman–Crippen MR) is 44.0 cm³/mol. The van der Waals surface area contributed by atoms with E-state index in [1.54, 1.807) is 0 Å². The summed E-state index contributed by atoms with van der Waals surface area (Å²) in [7, 11) is 0. The minimum absolute atomic E-state index is 0.253. The van der Waals surface area contributed by atoms with Crippen LogP contribution in [0.3, 0.4) is 0 Å². The van der Waals surface area contributed by atoms with Crippen molar-refractivity contribution < 1.29 is 5.11 Å². The van der Waals surface area contributed by atoms with Gasteiger partial charge in [0.1, 0.15) is 0 Å². The van der Waals surface area contributed by atoms with E-state index in [9.17, 15) is 0 Å². The molecule has 0 aromatic carbocycles. The molecule has 0 bridgehead atoms. The summed E-state index contributed by atoms with van der Waals surface area (Å²) in [6, 6.07) is 0.294. The van der Waals surface area contributed by atoms with Gasteiger partial charge in [0.05, 0.1) is 6.61 Å². The highest BCUT2D eigenvalue weighted by atomic mass is 16.3. The van der Waals surface area contributed by atoms with Crippen LogP contribution in [0.5, 0.6) is 0 Å². The molecule has 1 atom stereocenters. The van der Waals surface area contributed by atoms with Crippen LogP contribution in [0.25, 0.3) is 0 Å². The SMILES string of the molecule is CC[C@H](CO)NCC(C)C. The van der Waals surface area contributed by atoms with Crippen molar-refractivity contribution in [1.29, 1.82) is 0 Å². The van der Waals surface area contributed by atoms with E-state index in [0.717, 1.165) is 13.0 Å². The maximum Gasteiger partial charge on any atom is 0.0584 e. The summed E-state index contributed by atoms with van der Waals surface area (Å²) >= 11 is 0. The first kappa shape index (κ1) is 9.92. The van der Waals surface area contributed by atoms with Gasteiger partial charge in [0.2, 0.25) is 0 Å². The van der Waals surface area contributed by atoms with Gasteiger partial charge in [0.25, 0.3) is 0 Å². The predicted octanol–water partition coefficient (Wildman–Crippen LogP) is 1.00. The maximum atomic E-state index is 8.78. The van der Waals surface area contributed by atoms with Gasteiger partial charge in [-0.1, -0.05) is 20.8 Å². The van der Waals surface area contributed by atoms with E-state index in [0.29, 0.717) is 12.0 Å². The van der Waals surface area contributed by atoms with Gasteiger partial charge in [-0.25, -0.2) is 0 Å². The Morgan fingerprint density at radius 1 is 1.40 bits per heavy atom. The Bertz CT molecular complexity index is 69.7. The Morgan fingerprint density at radius 2 is 2.00 bits per heavy atom. The fourth-order valence-electron chi connectivity index (χ4n) is 0.740. The molecule has 0 aliphatic rings. The molecule has 2 N–H and O–H groups in total. The molecular formula is C8H19NO. The molecule has 0 aromatic rings. The largest absolute Gasteiger partial charge is 0.395 e. The van der Waals surface area contributed by atoms with E-state index in [2.05, 4.69) is 26.1 Å². The summed E-state index contributed by atoms with van der Waals surface area (Å²) in [4.78, 5) is 0. The van der Waals surface area contributed by atoms with E-state index >= 15 is 0 Å². The summed E-state index contributed by atoms with van der Waals surface area (Å²) < 4.78 is 0. The average molecular weight is 145 g/mol. The highest BCUT2D eigenvalue weighted by Gasteiger charge is 2.02. The molecule has 10 heavy (non-hydrogen) atoms. The zero-order valence-electron chi connectivity index (χ0n) is 7.22. The van der Waals surface area contributed by atoms with Crippen LogP contribution in [0.2, 0.25) is 0 Å². The van der Waals surface area contributed by atoms with Crippen molar-refractivity contribution in [3.63, 3.8) is 0 Å². The van der Waals surface area contributed by atoms with Crippen LogP contribution in [0.15, 0.2) is 0 Å². The van der Waals surface area contributed by atoms with Gasteiger partial charge < -0.3 is 10.4 Å². The summed E-state index contributed by atoms with van der Waals surface area (Å²) in [5.74, 6) is 0.667. The second-order valence-corrected chi connectivity index (χ2v) is 3.09. The lowest BCUT2D eigenvalue weighted by molar-refractivity contribution is 0.235. The standard InChI is InChI=1S/C8H19NO/c1-4-8(6-10)9-5-7(2)3/h7-10H,4-6H2,1-3H3/t8-/m1/s1. The molecule has 0 heterocycles. The molecule has 0 aromatic heterocycles. The highest BCUT2D eigenvalue weighted by molar-refractivity contribution is 4.63. The number of nitrogens with one attached hydrogen (secondary N) is 1. The minimum atomic E-state index is 0.253. The molecule has 0 unspecified atom stereocenters. The van der Waals surface area contributed by atoms with Crippen LogP contribution in [-0.4, -0.2) is 24.3 Å². The first-order valence-electron chi connectivity index (χ1n) is 4.05. The fourth-order valence-corrected chi connectivity index (χ4v) is 0.740. The lowest BCUT2D eigenvalue weighted by Gasteiger charge is -2.15. The highest BCUT2D eigenvalue weighted by Crippen LogP contribution is 1.92. The van der Waals surface area contributed by atoms with E-state index in [1.165, 1.54) is 0 Å². The third-order valence-corrected chi connectivity index (χ3v) is 1.53. The van der Waals surface area contributed by atoms with Gasteiger partial charge in [0, 0.05) is 6.04 Å². The number of rotatable bonds is 5. The van der Waals surface area contributed by atoms with Crippen LogP contribution in [0, 0.1) is 5.92 Å². The molecule has 0 spiro atoms. The number of aliphatic hydroxyl groups is 1. The van der Waals surface area contributed by atoms with E-state index in [-0.39, 0.29) is 6.61 Å². The van der Waals surface area contributed by atoms with Gasteiger partial charge in [-0.3, -0.25) is 0 Å². The van der Waals surface area contributed by atoms with Crippen LogP contribution < -0.4 is 5.32 Å². The first-order valence-corrected chi connectivity index (χ1v) is 4.05. The lowest BCUT2D eigenvalue weighted by Crippen LogP contribution is -2.34. The second kappa shape index (κ2) is 5.69. The van der Waals surface area contributed by atoms with Crippen LogP contribution in [-0.2, 0) is 0 Å². The number of hydrogen-bond donors (Lipinski definition) is 2. The molecule has 0 rings (SSSR count). The van der Waals surface area contributed by atoms with Crippen molar-refractivity contribution in [2.45, 2.75) is 33.2 Å². The molecule has 0 radical (unpaired) electrons. The van der Waals surface area contributed by atoms with Gasteiger partial charge in [0.15, 0.2) is 0 Å². The average Bonchev–Trinajstić information content (AvgIpc) is 1.90. The quantitative estimate of drug-likeness (QED) is 0.605. The zero-order chi connectivity index (χ0) is 7.98. The molecule has 0 fully saturated rings. The van der Waals surface area contributed by atoms with Crippen LogP contribution in [0.4, 0.5) is 0 Å². The normalized spacial score (nSPS) is 14.1. The minimum Gasteiger partial charge on any atom is -0.395 e. The Kier molecular flexibility index (Phi) is 5.64. The van der Waals surface area contributed by atoms with E-state index in [4.69, 9.17) is 5.11 Å². The summed E-state index contributed by atoms with van der Waals surface area (Å²) in [6.07, 6.45) is 1.00. The third kappa shape index (κ3) is 4.77. The van der Waals surface area contributed by atoms with Crippen LogP contribution in [0.1, 0.15) is 27.2 Å². The molecule has 0 amide bonds. The van der Waals surface area contributed by atoms with Crippen molar-refractivity contribution in [3.05, 3.63) is 0 Å². The maximum absolute atomic E-state index is 8.78. The van der Waals surface area contributed by atoms with Gasteiger partial charge in [-0.2, -0.15) is 0 Å². The first-order chi connectivity index (χ1) is 4.70. The van der Waals surface area contributed by atoms with Crippen molar-refractivity contribution in [2.24, 2.45) is 5.92 Å². The van der Waals surface area contributed by atoms with Crippen molar-refractivity contribution >= 4 is 0 Å². The van der Waals surface area contributed by atoms with Crippen LogP contribution >= 0.6 is 0 Å². The van der Waals surface area contributed by atoms with E-state index in [1.807, 2.05) is 0 Å². The van der Waals surface area contributed by atoms with Crippen molar-refractivity contribution in [3.8, 4) is 0 Å². The van der Waals surface area contributed by atoms with Gasteiger partial charge in [-0.15, -0.1) is 0 Å². The lowest BCUT2D eigenvalue weighted by atomic mass is 10.2. The monoisotopic (exact) mass is 145 g/mol. The topological polar surface area (TPSA) is 32.3 Å². The summed E-state index contributed by atoms with van der Waals surface area (Å²) in [5, 5.41) is 12.0. The molecule has 0 aliphatic heterocycles. The number of hydrogen-bond acceptors (Lipinski definition) is 2. The Labute approximate surface area is 63.6 Å². The number of aliphatic hydroxyl groups excluding tert-OH is 1. The molecular weight excluding hydrogens is 126 g/mol. The molecule has 0 aliphatic carbocycles. The Morgan fingerprint density at radius 3 is 2.30 bits per heavy atom. The van der Waals surface area contributed by atoms with Crippen molar-refractivity contribution in [2.75, 3.05) is 13.2 Å². The molecule has 0 saturated heterocycles. The Hall–Kier alpha value is -0.0800. The zero-order valence-corrected chi connectivity index (χ0v) is 7.22.